The average Bonchev–Trinajstić information content (AvgIpc) is 2.40. The Hall–Kier alpha value is -1.73. The number of halogens is 2. The predicted octanol–water partition coefficient (Wildman–Crippen LogP) is 1.41. The SMILES string of the molecule is CN1CCOC(CNc2ccc(C(=O)O)c(F)c2F)C1. The molecule has 2 N–H and O–H groups in total. The third-order valence-electron chi connectivity index (χ3n) is 3.17. The summed E-state index contributed by atoms with van der Waals surface area (Å²) >= 11 is 0. The normalized spacial score (nSPS) is 19.9. The molecule has 1 aromatic rings. The van der Waals surface area contributed by atoms with Crippen molar-refractivity contribution in [3.8, 4) is 0 Å². The number of benzene rings is 1. The van der Waals surface area contributed by atoms with Gasteiger partial charge in [0, 0.05) is 19.6 Å². The molecule has 1 fully saturated rings. The Morgan fingerprint density at radius 3 is 2.90 bits per heavy atom. The van der Waals surface area contributed by atoms with E-state index in [0.29, 0.717) is 19.7 Å². The van der Waals surface area contributed by atoms with Crippen molar-refractivity contribution in [3.63, 3.8) is 0 Å². The van der Waals surface area contributed by atoms with Crippen LogP contribution in [0.4, 0.5) is 14.5 Å². The van der Waals surface area contributed by atoms with E-state index in [9.17, 15) is 13.6 Å². The van der Waals surface area contributed by atoms with Gasteiger partial charge in [-0.1, -0.05) is 0 Å². The maximum absolute atomic E-state index is 13.7. The van der Waals surface area contributed by atoms with Crippen molar-refractivity contribution < 1.29 is 23.4 Å². The summed E-state index contributed by atoms with van der Waals surface area (Å²) in [7, 11) is 1.96. The Bertz CT molecular complexity index is 511. The van der Waals surface area contributed by atoms with Gasteiger partial charge in [-0.15, -0.1) is 0 Å². The zero-order chi connectivity index (χ0) is 14.7. The summed E-state index contributed by atoms with van der Waals surface area (Å²) in [4.78, 5) is 12.8. The Kier molecular flexibility index (Phi) is 4.51. The van der Waals surface area contributed by atoms with E-state index in [0.717, 1.165) is 12.6 Å². The van der Waals surface area contributed by atoms with Crippen LogP contribution in [0.25, 0.3) is 0 Å². The lowest BCUT2D eigenvalue weighted by molar-refractivity contribution is -0.0117. The van der Waals surface area contributed by atoms with Crippen LogP contribution in [0.3, 0.4) is 0 Å². The molecule has 1 heterocycles. The molecule has 7 heteroatoms. The predicted molar refractivity (Wildman–Crippen MR) is 69.0 cm³/mol. The Morgan fingerprint density at radius 1 is 1.50 bits per heavy atom. The lowest BCUT2D eigenvalue weighted by Crippen LogP contribution is -2.43. The lowest BCUT2D eigenvalue weighted by atomic mass is 10.1. The number of nitrogens with one attached hydrogen (secondary N) is 1. The Morgan fingerprint density at radius 2 is 2.25 bits per heavy atom. The van der Waals surface area contributed by atoms with Gasteiger partial charge in [-0.25, -0.2) is 13.6 Å². The van der Waals surface area contributed by atoms with E-state index in [1.54, 1.807) is 0 Å². The molecule has 110 valence electrons. The molecule has 2 rings (SSSR count). The summed E-state index contributed by atoms with van der Waals surface area (Å²) in [6.07, 6.45) is -0.115. The van der Waals surface area contributed by atoms with Crippen LogP contribution >= 0.6 is 0 Å². The maximum Gasteiger partial charge on any atom is 0.338 e. The van der Waals surface area contributed by atoms with Crippen LogP contribution in [-0.4, -0.2) is 55.4 Å². The topological polar surface area (TPSA) is 61.8 Å². The zero-order valence-electron chi connectivity index (χ0n) is 11.0. The first-order valence-electron chi connectivity index (χ1n) is 6.24. The molecule has 0 spiro atoms. The fraction of sp³-hybridized carbons (Fsp3) is 0.462. The maximum atomic E-state index is 13.7. The molecule has 0 bridgehead atoms. The van der Waals surface area contributed by atoms with Gasteiger partial charge in [-0.3, -0.25) is 0 Å². The first kappa shape index (κ1) is 14.7. The lowest BCUT2D eigenvalue weighted by Gasteiger charge is -2.30. The molecule has 0 saturated carbocycles. The number of nitrogens with zero attached hydrogens (tertiary/aromatic N) is 1. The fourth-order valence-corrected chi connectivity index (χ4v) is 2.07. The molecule has 20 heavy (non-hydrogen) atoms. The van der Waals surface area contributed by atoms with Gasteiger partial charge < -0.3 is 20.1 Å². The van der Waals surface area contributed by atoms with E-state index in [1.807, 2.05) is 7.05 Å². The summed E-state index contributed by atoms with van der Waals surface area (Å²) in [5.74, 6) is -4.04. The van der Waals surface area contributed by atoms with E-state index in [2.05, 4.69) is 10.2 Å². The van der Waals surface area contributed by atoms with E-state index >= 15 is 0 Å². The third kappa shape index (κ3) is 3.23. The van der Waals surface area contributed by atoms with E-state index in [-0.39, 0.29) is 11.8 Å². The summed E-state index contributed by atoms with van der Waals surface area (Å²) in [5.41, 5.74) is -0.744. The Balaban J connectivity index is 2.03. The molecule has 0 radical (unpaired) electrons. The van der Waals surface area contributed by atoms with Gasteiger partial charge in [0.05, 0.1) is 24.0 Å². The molecular weight excluding hydrogens is 270 g/mol. The minimum atomic E-state index is -1.50. The van der Waals surface area contributed by atoms with Crippen molar-refractivity contribution in [3.05, 3.63) is 29.3 Å². The van der Waals surface area contributed by atoms with Crippen LogP contribution in [0, 0.1) is 11.6 Å². The van der Waals surface area contributed by atoms with Crippen molar-refractivity contribution in [2.24, 2.45) is 0 Å². The van der Waals surface area contributed by atoms with Crippen LogP contribution in [-0.2, 0) is 4.74 Å². The molecule has 1 atom stereocenters. The number of aromatic carboxylic acids is 1. The summed E-state index contributed by atoms with van der Waals surface area (Å²) in [6, 6.07) is 2.26. The molecule has 1 aromatic carbocycles. The van der Waals surface area contributed by atoms with Crippen LogP contribution in [0.2, 0.25) is 0 Å². The summed E-state index contributed by atoms with van der Waals surface area (Å²) in [6.45, 7) is 2.46. The van der Waals surface area contributed by atoms with E-state index < -0.39 is 23.2 Å². The molecule has 1 aliphatic rings. The van der Waals surface area contributed by atoms with Gasteiger partial charge in [0.1, 0.15) is 0 Å². The summed E-state index contributed by atoms with van der Waals surface area (Å²) in [5, 5.41) is 11.4. The van der Waals surface area contributed by atoms with Crippen LogP contribution < -0.4 is 5.32 Å². The molecule has 1 saturated heterocycles. The molecule has 5 nitrogen and oxygen atoms in total. The standard InChI is InChI=1S/C13H16F2N2O3/c1-17-4-5-20-8(7-17)6-16-10-3-2-9(13(18)19)11(14)12(10)15/h2-3,8,16H,4-7H2,1H3,(H,18,19). The highest BCUT2D eigenvalue weighted by Gasteiger charge is 2.20. The highest BCUT2D eigenvalue weighted by molar-refractivity contribution is 5.88. The first-order chi connectivity index (χ1) is 9.49. The molecule has 1 aliphatic heterocycles. The molecule has 1 unspecified atom stereocenters. The van der Waals surface area contributed by atoms with E-state index in [4.69, 9.17) is 9.84 Å². The van der Waals surface area contributed by atoms with Gasteiger partial charge in [-0.2, -0.15) is 0 Å². The molecule has 0 aromatic heterocycles. The van der Waals surface area contributed by atoms with Crippen molar-refractivity contribution in [2.45, 2.75) is 6.10 Å². The van der Waals surface area contributed by atoms with Gasteiger partial charge in [-0.05, 0) is 19.2 Å². The van der Waals surface area contributed by atoms with E-state index in [1.165, 1.54) is 6.07 Å². The van der Waals surface area contributed by atoms with Gasteiger partial charge in [0.2, 0.25) is 0 Å². The highest BCUT2D eigenvalue weighted by Crippen LogP contribution is 2.21. The van der Waals surface area contributed by atoms with Crippen molar-refractivity contribution in [1.82, 2.24) is 4.90 Å². The van der Waals surface area contributed by atoms with Gasteiger partial charge in [0.25, 0.3) is 0 Å². The Labute approximate surface area is 115 Å². The number of morpholine rings is 1. The summed E-state index contributed by atoms with van der Waals surface area (Å²) < 4.78 is 32.7. The highest BCUT2D eigenvalue weighted by atomic mass is 19.2. The second kappa shape index (κ2) is 6.15. The van der Waals surface area contributed by atoms with Gasteiger partial charge in [0.15, 0.2) is 11.6 Å². The molecule has 0 aliphatic carbocycles. The minimum Gasteiger partial charge on any atom is -0.478 e. The zero-order valence-corrected chi connectivity index (χ0v) is 11.0. The first-order valence-corrected chi connectivity index (χ1v) is 6.24. The molecule has 0 amide bonds. The van der Waals surface area contributed by atoms with Crippen molar-refractivity contribution >= 4 is 11.7 Å². The number of carbonyl (C=O) groups is 1. The number of anilines is 1. The second-order valence-electron chi connectivity index (χ2n) is 4.73. The second-order valence-corrected chi connectivity index (χ2v) is 4.73. The van der Waals surface area contributed by atoms with Crippen molar-refractivity contribution in [1.29, 1.82) is 0 Å². The average molecular weight is 286 g/mol. The number of ether oxygens (including phenoxy) is 1. The monoisotopic (exact) mass is 286 g/mol. The third-order valence-corrected chi connectivity index (χ3v) is 3.17. The quantitative estimate of drug-likeness (QED) is 0.876. The number of hydrogen-bond acceptors (Lipinski definition) is 4. The largest absolute Gasteiger partial charge is 0.478 e. The number of rotatable bonds is 4. The van der Waals surface area contributed by atoms with Crippen LogP contribution in [0.1, 0.15) is 10.4 Å². The number of carboxylic acids is 1. The van der Waals surface area contributed by atoms with Crippen LogP contribution in [0.15, 0.2) is 12.1 Å². The van der Waals surface area contributed by atoms with Gasteiger partial charge >= 0.3 is 5.97 Å². The number of likely N-dealkylation sites (N-methyl/N-ethyl adjacent to an activating group) is 1. The minimum absolute atomic E-state index is 0.0654. The number of carboxylic acid groups (broad SMARTS) is 1. The number of hydrogen-bond donors (Lipinski definition) is 2. The molecular formula is C13H16F2N2O3. The smallest absolute Gasteiger partial charge is 0.338 e. The van der Waals surface area contributed by atoms with Crippen LogP contribution in [0.5, 0.6) is 0 Å². The fourth-order valence-electron chi connectivity index (χ4n) is 2.07. The van der Waals surface area contributed by atoms with Crippen molar-refractivity contribution in [2.75, 3.05) is 38.6 Å².